The molecule has 0 aromatic heterocycles. The average molecular weight is 95.0 g/mol. The highest BCUT2D eigenvalue weighted by molar-refractivity contribution is 6.04. The third-order valence-corrected chi connectivity index (χ3v) is 1.59. The van der Waals surface area contributed by atoms with Gasteiger partial charge in [-0.05, 0) is 19.4 Å². The summed E-state index contributed by atoms with van der Waals surface area (Å²) >= 11 is 0. The fourth-order valence-corrected chi connectivity index (χ4v) is 0.870. The van der Waals surface area contributed by atoms with Gasteiger partial charge >= 0.3 is 0 Å². The minimum absolute atomic E-state index is 0.681. The van der Waals surface area contributed by atoms with Crippen LogP contribution in [0.5, 0.6) is 0 Å². The Labute approximate surface area is 46.1 Å². The van der Waals surface area contributed by atoms with Gasteiger partial charge in [0.15, 0.2) is 7.98 Å². The van der Waals surface area contributed by atoms with E-state index in [0.717, 1.165) is 5.92 Å². The monoisotopic (exact) mass is 95.1 g/mol. The van der Waals surface area contributed by atoms with Crippen LogP contribution in [0.25, 0.3) is 0 Å². The molecule has 0 saturated heterocycles. The van der Waals surface area contributed by atoms with Crippen molar-refractivity contribution in [2.45, 2.75) is 19.4 Å². The van der Waals surface area contributed by atoms with Gasteiger partial charge in [0, 0.05) is 6.04 Å². The van der Waals surface area contributed by atoms with E-state index in [9.17, 15) is 0 Å². The first-order valence-electron chi connectivity index (χ1n) is 2.69. The minimum Gasteiger partial charge on any atom is -0.353 e. The molecule has 7 heavy (non-hydrogen) atoms. The Morgan fingerprint density at radius 3 is 2.14 bits per heavy atom. The summed E-state index contributed by atoms with van der Waals surface area (Å²) in [5.74, 6) is 0.843. The Balaban J connectivity index is 2.20. The summed E-state index contributed by atoms with van der Waals surface area (Å²) in [5.41, 5.74) is 0. The highest BCUT2D eigenvalue weighted by Crippen LogP contribution is 2.32. The fraction of sp³-hybridized carbons (Fsp3) is 1.00. The van der Waals surface area contributed by atoms with E-state index in [1.165, 1.54) is 6.42 Å². The van der Waals surface area contributed by atoms with Crippen LogP contribution in [0.15, 0.2) is 0 Å². The number of rotatable bonds is 1. The van der Waals surface area contributed by atoms with E-state index in [1.54, 1.807) is 4.81 Å². The molecule has 0 spiro atoms. The lowest BCUT2D eigenvalue weighted by molar-refractivity contribution is 0.512. The third kappa shape index (κ3) is 0.971. The molecule has 0 heterocycles. The van der Waals surface area contributed by atoms with Crippen LogP contribution in [0.3, 0.4) is 0 Å². The molecule has 1 aliphatic carbocycles. The van der Waals surface area contributed by atoms with Crippen LogP contribution in [0.1, 0.15) is 13.3 Å². The van der Waals surface area contributed by atoms with Crippen molar-refractivity contribution in [2.24, 2.45) is 5.92 Å². The molecule has 0 aromatic rings. The predicted molar refractivity (Wildman–Crippen MR) is 31.1 cm³/mol. The number of hydrogen-bond acceptors (Lipinski definition) is 1. The second kappa shape index (κ2) is 1.51. The maximum absolute atomic E-state index is 5.42. The van der Waals surface area contributed by atoms with Crippen LogP contribution in [0, 0.1) is 5.92 Å². The van der Waals surface area contributed by atoms with Crippen molar-refractivity contribution in [3.63, 3.8) is 0 Å². The van der Waals surface area contributed by atoms with E-state index in [0.29, 0.717) is 6.04 Å². The SMILES string of the molecule is [B]N(C)C1CC1C. The maximum atomic E-state index is 5.42. The van der Waals surface area contributed by atoms with Gasteiger partial charge in [-0.2, -0.15) is 0 Å². The summed E-state index contributed by atoms with van der Waals surface area (Å²) < 4.78 is 0. The van der Waals surface area contributed by atoms with E-state index >= 15 is 0 Å². The van der Waals surface area contributed by atoms with Crippen LogP contribution in [-0.4, -0.2) is 25.9 Å². The Morgan fingerprint density at radius 2 is 2.14 bits per heavy atom. The molecule has 1 rings (SSSR count). The van der Waals surface area contributed by atoms with E-state index in [2.05, 4.69) is 6.92 Å². The van der Waals surface area contributed by atoms with Gasteiger partial charge in [-0.15, -0.1) is 0 Å². The van der Waals surface area contributed by atoms with Crippen molar-refractivity contribution in [3.8, 4) is 0 Å². The highest BCUT2D eigenvalue weighted by atomic mass is 15.1. The first-order valence-corrected chi connectivity index (χ1v) is 2.69. The van der Waals surface area contributed by atoms with Crippen molar-refractivity contribution < 1.29 is 0 Å². The average Bonchev–Trinajstić information content (AvgIpc) is 2.17. The molecule has 2 unspecified atom stereocenters. The van der Waals surface area contributed by atoms with E-state index < -0.39 is 0 Å². The van der Waals surface area contributed by atoms with Gasteiger partial charge in [0.05, 0.1) is 0 Å². The number of nitrogens with zero attached hydrogens (tertiary/aromatic N) is 1. The van der Waals surface area contributed by atoms with Gasteiger partial charge in [-0.1, -0.05) is 6.92 Å². The molecular weight excluding hydrogens is 84.9 g/mol. The summed E-state index contributed by atoms with van der Waals surface area (Å²) in [7, 11) is 7.35. The first kappa shape index (κ1) is 5.17. The summed E-state index contributed by atoms with van der Waals surface area (Å²) in [6.07, 6.45) is 1.28. The smallest absolute Gasteiger partial charge is 0.182 e. The Bertz CT molecular complexity index is 72.5. The Kier molecular flexibility index (Phi) is 1.12. The standard InChI is InChI=1S/C5H10BN/c1-4-3-5(4)7(2)6/h4-5H,3H2,1-2H3. The third-order valence-electron chi connectivity index (χ3n) is 1.59. The molecule has 1 saturated carbocycles. The lowest BCUT2D eigenvalue weighted by Crippen LogP contribution is -2.17. The van der Waals surface area contributed by atoms with Gasteiger partial charge in [-0.25, -0.2) is 0 Å². The lowest BCUT2D eigenvalue weighted by Gasteiger charge is -2.05. The van der Waals surface area contributed by atoms with E-state index in [-0.39, 0.29) is 0 Å². The van der Waals surface area contributed by atoms with Crippen LogP contribution in [0.2, 0.25) is 0 Å². The topological polar surface area (TPSA) is 3.24 Å². The Hall–Kier alpha value is 0.0249. The quantitative estimate of drug-likeness (QED) is 0.426. The molecule has 0 N–H and O–H groups in total. The maximum Gasteiger partial charge on any atom is 0.182 e. The van der Waals surface area contributed by atoms with Crippen LogP contribution in [0.4, 0.5) is 0 Å². The highest BCUT2D eigenvalue weighted by Gasteiger charge is 2.33. The molecule has 0 aliphatic heterocycles. The second-order valence-corrected chi connectivity index (χ2v) is 2.45. The minimum atomic E-state index is 0.681. The summed E-state index contributed by atoms with van der Waals surface area (Å²) in [4.78, 5) is 1.80. The van der Waals surface area contributed by atoms with Gasteiger partial charge < -0.3 is 4.81 Å². The summed E-state index contributed by atoms with van der Waals surface area (Å²) in [5, 5.41) is 0. The second-order valence-electron chi connectivity index (χ2n) is 2.45. The summed E-state index contributed by atoms with van der Waals surface area (Å²) in [6.45, 7) is 2.22. The van der Waals surface area contributed by atoms with Gasteiger partial charge in [-0.3, -0.25) is 0 Å². The predicted octanol–water partition coefficient (Wildman–Crippen LogP) is 0.410. The Morgan fingerprint density at radius 1 is 1.71 bits per heavy atom. The molecule has 0 aromatic carbocycles. The van der Waals surface area contributed by atoms with Crippen LogP contribution < -0.4 is 0 Å². The van der Waals surface area contributed by atoms with Crippen molar-refractivity contribution in [2.75, 3.05) is 7.05 Å². The molecule has 2 atom stereocenters. The molecule has 38 valence electrons. The largest absolute Gasteiger partial charge is 0.353 e. The normalized spacial score (nSPS) is 39.3. The molecule has 1 nitrogen and oxygen atoms in total. The van der Waals surface area contributed by atoms with Crippen LogP contribution >= 0.6 is 0 Å². The van der Waals surface area contributed by atoms with E-state index in [1.807, 2.05) is 7.05 Å². The zero-order valence-electron chi connectivity index (χ0n) is 4.89. The molecule has 0 amide bonds. The molecule has 0 bridgehead atoms. The van der Waals surface area contributed by atoms with Gasteiger partial charge in [0.2, 0.25) is 0 Å². The van der Waals surface area contributed by atoms with Gasteiger partial charge in [0.25, 0.3) is 0 Å². The summed E-state index contributed by atoms with van der Waals surface area (Å²) in [6, 6.07) is 0.681. The fourth-order valence-electron chi connectivity index (χ4n) is 0.870. The molecule has 1 fully saturated rings. The number of hydrogen-bond donors (Lipinski definition) is 0. The lowest BCUT2D eigenvalue weighted by atomic mass is 10.3. The zero-order valence-corrected chi connectivity index (χ0v) is 4.89. The first-order chi connectivity index (χ1) is 3.22. The molecule has 2 radical (unpaired) electrons. The van der Waals surface area contributed by atoms with Crippen molar-refractivity contribution in [3.05, 3.63) is 0 Å². The molecule has 2 heteroatoms. The van der Waals surface area contributed by atoms with Crippen molar-refractivity contribution in [1.29, 1.82) is 0 Å². The van der Waals surface area contributed by atoms with Gasteiger partial charge in [0.1, 0.15) is 0 Å². The zero-order chi connectivity index (χ0) is 5.44. The van der Waals surface area contributed by atoms with Crippen molar-refractivity contribution >= 4 is 7.98 Å². The van der Waals surface area contributed by atoms with Crippen molar-refractivity contribution in [1.82, 2.24) is 4.81 Å². The molecular formula is C5H10BN. The van der Waals surface area contributed by atoms with Crippen LogP contribution in [-0.2, 0) is 0 Å². The van der Waals surface area contributed by atoms with E-state index in [4.69, 9.17) is 7.98 Å². The molecule has 1 aliphatic rings.